The summed E-state index contributed by atoms with van der Waals surface area (Å²) in [5, 5.41) is 27.7. The normalized spacial score (nSPS) is 33.0. The third-order valence-corrected chi connectivity index (χ3v) is 3.12. The molecule has 0 spiro atoms. The highest BCUT2D eigenvalue weighted by Crippen LogP contribution is 2.34. The molecule has 7 heteroatoms. The first-order valence-corrected chi connectivity index (χ1v) is 6.12. The molecular formula is C13H16F2O5. The SMILES string of the molecule is OC1O[C@H](COCc2ccccc2)C(F)(F)[C@H](O)[C@H]1O. The number of halogens is 2. The number of benzene rings is 1. The van der Waals surface area contributed by atoms with E-state index in [2.05, 4.69) is 4.74 Å². The van der Waals surface area contributed by atoms with Crippen molar-refractivity contribution in [3.8, 4) is 0 Å². The Morgan fingerprint density at radius 1 is 1.15 bits per heavy atom. The summed E-state index contributed by atoms with van der Waals surface area (Å²) >= 11 is 0. The minimum Gasteiger partial charge on any atom is -0.385 e. The lowest BCUT2D eigenvalue weighted by molar-refractivity contribution is -0.337. The molecule has 20 heavy (non-hydrogen) atoms. The van der Waals surface area contributed by atoms with Gasteiger partial charge in [0.15, 0.2) is 18.5 Å². The van der Waals surface area contributed by atoms with Gasteiger partial charge in [-0.1, -0.05) is 30.3 Å². The van der Waals surface area contributed by atoms with Gasteiger partial charge in [-0.3, -0.25) is 0 Å². The van der Waals surface area contributed by atoms with Gasteiger partial charge < -0.3 is 24.8 Å². The summed E-state index contributed by atoms with van der Waals surface area (Å²) in [5.74, 6) is -3.70. The maximum Gasteiger partial charge on any atom is 0.304 e. The van der Waals surface area contributed by atoms with Crippen LogP contribution >= 0.6 is 0 Å². The van der Waals surface area contributed by atoms with Crippen molar-refractivity contribution < 1.29 is 33.6 Å². The Labute approximate surface area is 114 Å². The predicted molar refractivity (Wildman–Crippen MR) is 63.9 cm³/mol. The average molecular weight is 290 g/mol. The van der Waals surface area contributed by atoms with E-state index in [0.717, 1.165) is 5.56 Å². The number of rotatable bonds is 4. The second-order valence-electron chi connectivity index (χ2n) is 4.63. The van der Waals surface area contributed by atoms with Gasteiger partial charge in [-0.25, -0.2) is 8.78 Å². The lowest BCUT2D eigenvalue weighted by Crippen LogP contribution is -2.62. The van der Waals surface area contributed by atoms with Crippen LogP contribution in [0.15, 0.2) is 30.3 Å². The Kier molecular flexibility index (Phi) is 4.66. The van der Waals surface area contributed by atoms with Gasteiger partial charge in [0.05, 0.1) is 13.2 Å². The number of aliphatic hydroxyl groups is 3. The van der Waals surface area contributed by atoms with Crippen LogP contribution in [0.3, 0.4) is 0 Å². The first-order valence-electron chi connectivity index (χ1n) is 6.12. The molecule has 0 saturated carbocycles. The van der Waals surface area contributed by atoms with E-state index in [1.54, 1.807) is 24.3 Å². The molecule has 1 aliphatic heterocycles. The van der Waals surface area contributed by atoms with E-state index in [4.69, 9.17) is 9.84 Å². The van der Waals surface area contributed by atoms with Gasteiger partial charge >= 0.3 is 5.92 Å². The Hall–Kier alpha value is -1.12. The highest BCUT2D eigenvalue weighted by atomic mass is 19.3. The van der Waals surface area contributed by atoms with E-state index in [-0.39, 0.29) is 6.61 Å². The van der Waals surface area contributed by atoms with Crippen LogP contribution in [0, 0.1) is 0 Å². The predicted octanol–water partition coefficient (Wildman–Crippen LogP) is 0.277. The van der Waals surface area contributed by atoms with E-state index in [9.17, 15) is 19.0 Å². The molecule has 2 rings (SSSR count). The lowest BCUT2D eigenvalue weighted by Gasteiger charge is -2.40. The van der Waals surface area contributed by atoms with Crippen LogP contribution in [0.4, 0.5) is 8.78 Å². The van der Waals surface area contributed by atoms with Gasteiger partial charge in [0, 0.05) is 0 Å². The second-order valence-corrected chi connectivity index (χ2v) is 4.63. The van der Waals surface area contributed by atoms with Gasteiger partial charge in [0.1, 0.15) is 6.10 Å². The Bertz CT molecular complexity index is 428. The van der Waals surface area contributed by atoms with Crippen molar-refractivity contribution in [2.45, 2.75) is 37.1 Å². The smallest absolute Gasteiger partial charge is 0.304 e. The first-order chi connectivity index (χ1) is 9.43. The van der Waals surface area contributed by atoms with Gasteiger partial charge in [-0.15, -0.1) is 0 Å². The molecule has 5 nitrogen and oxygen atoms in total. The maximum absolute atomic E-state index is 13.7. The summed E-state index contributed by atoms with van der Waals surface area (Å²) in [7, 11) is 0. The van der Waals surface area contributed by atoms with Crippen LogP contribution < -0.4 is 0 Å². The molecule has 1 fully saturated rings. The largest absolute Gasteiger partial charge is 0.385 e. The summed E-state index contributed by atoms with van der Waals surface area (Å²) in [6.07, 6.45) is -8.12. The van der Waals surface area contributed by atoms with Crippen molar-refractivity contribution in [2.24, 2.45) is 0 Å². The summed E-state index contributed by atoms with van der Waals surface area (Å²) < 4.78 is 37.1. The van der Waals surface area contributed by atoms with Crippen LogP contribution in [0.1, 0.15) is 5.56 Å². The zero-order valence-electron chi connectivity index (χ0n) is 10.5. The molecule has 0 aliphatic carbocycles. The van der Waals surface area contributed by atoms with Gasteiger partial charge in [-0.2, -0.15) is 0 Å². The van der Waals surface area contributed by atoms with Crippen LogP contribution in [0.25, 0.3) is 0 Å². The van der Waals surface area contributed by atoms with Crippen molar-refractivity contribution in [3.63, 3.8) is 0 Å². The molecule has 0 radical (unpaired) electrons. The van der Waals surface area contributed by atoms with E-state index >= 15 is 0 Å². The summed E-state index contributed by atoms with van der Waals surface area (Å²) in [6, 6.07) is 8.93. The van der Waals surface area contributed by atoms with Crippen LogP contribution in [0.2, 0.25) is 0 Å². The van der Waals surface area contributed by atoms with Crippen molar-refractivity contribution in [3.05, 3.63) is 35.9 Å². The van der Waals surface area contributed by atoms with Crippen molar-refractivity contribution in [2.75, 3.05) is 6.61 Å². The number of alkyl halides is 2. The molecule has 1 unspecified atom stereocenters. The third-order valence-electron chi connectivity index (χ3n) is 3.12. The highest BCUT2D eigenvalue weighted by molar-refractivity contribution is 5.13. The summed E-state index contributed by atoms with van der Waals surface area (Å²) in [5.41, 5.74) is 0.799. The maximum atomic E-state index is 13.7. The number of hydrogen-bond acceptors (Lipinski definition) is 5. The van der Waals surface area contributed by atoms with Crippen molar-refractivity contribution in [1.82, 2.24) is 0 Å². The monoisotopic (exact) mass is 290 g/mol. The molecule has 1 aromatic rings. The lowest BCUT2D eigenvalue weighted by atomic mass is 9.98. The Morgan fingerprint density at radius 3 is 2.45 bits per heavy atom. The molecule has 0 bridgehead atoms. The van der Waals surface area contributed by atoms with E-state index < -0.39 is 37.1 Å². The summed E-state index contributed by atoms with van der Waals surface area (Å²) in [4.78, 5) is 0. The molecule has 1 aliphatic rings. The van der Waals surface area contributed by atoms with E-state index in [1.165, 1.54) is 0 Å². The standard InChI is InChI=1S/C13H16F2O5/c14-13(15)9(20-12(18)10(16)11(13)17)7-19-6-8-4-2-1-3-5-8/h1-5,9-12,16-18H,6-7H2/t9-,10-,11-,12?/m1/s1. The molecule has 3 N–H and O–H groups in total. The zero-order valence-corrected chi connectivity index (χ0v) is 10.5. The minimum atomic E-state index is -3.70. The third kappa shape index (κ3) is 3.13. The molecule has 1 saturated heterocycles. The zero-order chi connectivity index (χ0) is 14.8. The fourth-order valence-electron chi connectivity index (χ4n) is 1.92. The van der Waals surface area contributed by atoms with Gasteiger partial charge in [-0.05, 0) is 5.56 Å². The molecule has 4 atom stereocenters. The molecule has 112 valence electrons. The van der Waals surface area contributed by atoms with Gasteiger partial charge in [0.25, 0.3) is 0 Å². The summed E-state index contributed by atoms with van der Waals surface area (Å²) in [6.45, 7) is -0.408. The number of aliphatic hydroxyl groups excluding tert-OH is 3. The molecule has 0 amide bonds. The van der Waals surface area contributed by atoms with Crippen LogP contribution in [-0.4, -0.2) is 52.5 Å². The topological polar surface area (TPSA) is 79.2 Å². The Morgan fingerprint density at radius 2 is 1.80 bits per heavy atom. The molecular weight excluding hydrogens is 274 g/mol. The van der Waals surface area contributed by atoms with E-state index in [1.807, 2.05) is 6.07 Å². The Balaban J connectivity index is 1.91. The van der Waals surface area contributed by atoms with Crippen LogP contribution in [0.5, 0.6) is 0 Å². The minimum absolute atomic E-state index is 0.103. The van der Waals surface area contributed by atoms with E-state index in [0.29, 0.717) is 0 Å². The highest BCUT2D eigenvalue weighted by Gasteiger charge is 2.57. The quantitative estimate of drug-likeness (QED) is 0.742. The fraction of sp³-hybridized carbons (Fsp3) is 0.538. The second kappa shape index (κ2) is 6.11. The number of hydrogen-bond donors (Lipinski definition) is 3. The average Bonchev–Trinajstić information content (AvgIpc) is 2.44. The van der Waals surface area contributed by atoms with Crippen molar-refractivity contribution >= 4 is 0 Å². The molecule has 1 aromatic carbocycles. The first kappa shape index (κ1) is 15.3. The van der Waals surface area contributed by atoms with Gasteiger partial charge in [0.2, 0.25) is 0 Å². The van der Waals surface area contributed by atoms with Crippen molar-refractivity contribution in [1.29, 1.82) is 0 Å². The van der Waals surface area contributed by atoms with Crippen LogP contribution in [-0.2, 0) is 16.1 Å². The molecule has 0 aromatic heterocycles. The molecule has 1 heterocycles. The fourth-order valence-corrected chi connectivity index (χ4v) is 1.92. The number of ether oxygens (including phenoxy) is 2.